The van der Waals surface area contributed by atoms with Crippen LogP contribution in [-0.2, 0) is 10.3 Å². The van der Waals surface area contributed by atoms with Crippen molar-refractivity contribution in [3.8, 4) is 0 Å². The molecule has 2 fully saturated rings. The number of benzene rings is 1. The SMILES string of the molecule is CC1S[C@@H](N(C(=O)O)C(C)(C)C)N[C@@]2(c3cc(NC(=O)c4cnc(C(F)F)cn4)ccc3F)COCC[C@@H]12. The third-order valence-corrected chi connectivity index (χ3v) is 8.17. The van der Waals surface area contributed by atoms with E-state index in [1.807, 2.05) is 6.92 Å². The van der Waals surface area contributed by atoms with Crippen LogP contribution in [0.25, 0.3) is 0 Å². The van der Waals surface area contributed by atoms with Crippen molar-refractivity contribution < 1.29 is 32.6 Å². The molecule has 2 saturated heterocycles. The number of aromatic nitrogens is 2. The van der Waals surface area contributed by atoms with Crippen molar-refractivity contribution >= 4 is 29.4 Å². The molecule has 0 saturated carbocycles. The first-order valence-electron chi connectivity index (χ1n) is 12.1. The largest absolute Gasteiger partial charge is 0.465 e. The lowest BCUT2D eigenvalue weighted by Gasteiger charge is -2.55. The van der Waals surface area contributed by atoms with Crippen LogP contribution in [-0.4, -0.2) is 61.5 Å². The predicted octanol–water partition coefficient (Wildman–Crippen LogP) is 4.82. The van der Waals surface area contributed by atoms with E-state index in [9.17, 15) is 23.5 Å². The van der Waals surface area contributed by atoms with Crippen molar-refractivity contribution in [1.29, 1.82) is 0 Å². The van der Waals surface area contributed by atoms with Crippen LogP contribution >= 0.6 is 11.8 Å². The molecule has 1 aromatic heterocycles. The van der Waals surface area contributed by atoms with Gasteiger partial charge in [0.2, 0.25) is 0 Å². The van der Waals surface area contributed by atoms with E-state index in [1.165, 1.54) is 34.9 Å². The van der Waals surface area contributed by atoms with E-state index in [-0.39, 0.29) is 34.7 Å². The number of nitrogens with zero attached hydrogens (tertiary/aromatic N) is 3. The number of carbonyl (C=O) groups excluding carboxylic acids is 1. The molecule has 1 unspecified atom stereocenters. The molecule has 13 heteroatoms. The van der Waals surface area contributed by atoms with Crippen LogP contribution in [0.3, 0.4) is 0 Å². The average Bonchev–Trinajstić information content (AvgIpc) is 2.84. The average molecular weight is 554 g/mol. The molecular formula is C25H30F3N5O4S. The summed E-state index contributed by atoms with van der Waals surface area (Å²) in [7, 11) is 0. The Bertz CT molecular complexity index is 1200. The van der Waals surface area contributed by atoms with Gasteiger partial charge < -0.3 is 15.2 Å². The standard InChI is InChI=1S/C25H30F3N5O4S/c1-13-15-7-8-37-12-25(15,32-22(38-13)33(23(35)36)24(2,3)4)16-9-14(5-6-17(16)26)31-21(34)19-11-29-18(10-30-19)20(27)28/h5-6,9-11,13,15,20,22,32H,7-8,12H2,1-4H3,(H,31,34)(H,35,36)/t13?,15-,22+,25-/m0/s1. The maximum atomic E-state index is 15.5. The Morgan fingerprint density at radius 3 is 2.63 bits per heavy atom. The predicted molar refractivity (Wildman–Crippen MR) is 136 cm³/mol. The molecule has 0 aliphatic carbocycles. The van der Waals surface area contributed by atoms with E-state index in [4.69, 9.17) is 4.74 Å². The second-order valence-corrected chi connectivity index (χ2v) is 11.8. The molecule has 4 rings (SSSR count). The highest BCUT2D eigenvalue weighted by molar-refractivity contribution is 8.00. The Labute approximate surface area is 222 Å². The van der Waals surface area contributed by atoms with Crippen LogP contribution in [0.15, 0.2) is 30.6 Å². The number of anilines is 1. The summed E-state index contributed by atoms with van der Waals surface area (Å²) in [6.07, 6.45) is -1.53. The molecule has 3 heterocycles. The number of rotatable bonds is 5. The highest BCUT2D eigenvalue weighted by Gasteiger charge is 2.54. The van der Waals surface area contributed by atoms with Gasteiger partial charge in [0, 0.05) is 28.6 Å². The van der Waals surface area contributed by atoms with Gasteiger partial charge in [-0.1, -0.05) is 6.92 Å². The summed E-state index contributed by atoms with van der Waals surface area (Å²) in [5.74, 6) is -1.34. The maximum Gasteiger partial charge on any atom is 0.409 e. The third kappa shape index (κ3) is 5.45. The van der Waals surface area contributed by atoms with Crippen molar-refractivity contribution in [2.24, 2.45) is 5.92 Å². The van der Waals surface area contributed by atoms with Crippen molar-refractivity contribution in [3.63, 3.8) is 0 Å². The smallest absolute Gasteiger partial charge is 0.409 e. The van der Waals surface area contributed by atoms with E-state index < -0.39 is 46.5 Å². The van der Waals surface area contributed by atoms with Gasteiger partial charge in [-0.05, 0) is 51.3 Å². The maximum absolute atomic E-state index is 15.5. The van der Waals surface area contributed by atoms with Crippen molar-refractivity contribution in [2.45, 2.75) is 62.4 Å². The first-order chi connectivity index (χ1) is 17.8. The Hall–Kier alpha value is -2.90. The van der Waals surface area contributed by atoms with E-state index in [1.54, 1.807) is 20.8 Å². The molecule has 9 nitrogen and oxygen atoms in total. The van der Waals surface area contributed by atoms with Gasteiger partial charge in [0.05, 0.1) is 24.5 Å². The van der Waals surface area contributed by atoms with Gasteiger partial charge in [-0.25, -0.2) is 22.9 Å². The van der Waals surface area contributed by atoms with Crippen LogP contribution in [0.1, 0.15) is 62.3 Å². The molecule has 38 heavy (non-hydrogen) atoms. The fourth-order valence-electron chi connectivity index (χ4n) is 5.06. The van der Waals surface area contributed by atoms with Crippen LogP contribution in [0, 0.1) is 11.7 Å². The topological polar surface area (TPSA) is 117 Å². The molecule has 3 N–H and O–H groups in total. The number of ether oxygens (including phenoxy) is 1. The zero-order chi connectivity index (χ0) is 27.8. The molecule has 2 aliphatic rings. The number of alkyl halides is 2. The number of fused-ring (bicyclic) bond motifs is 1. The molecule has 2 aromatic rings. The Balaban J connectivity index is 1.69. The normalized spacial score (nSPS) is 25.5. The first-order valence-corrected chi connectivity index (χ1v) is 13.0. The summed E-state index contributed by atoms with van der Waals surface area (Å²) < 4.78 is 46.9. The van der Waals surface area contributed by atoms with Gasteiger partial charge in [0.1, 0.15) is 22.7 Å². The number of hydrogen-bond acceptors (Lipinski definition) is 7. The second-order valence-electron chi connectivity index (χ2n) is 10.4. The van der Waals surface area contributed by atoms with Crippen molar-refractivity contribution in [3.05, 3.63) is 53.4 Å². The van der Waals surface area contributed by atoms with E-state index in [0.29, 0.717) is 13.0 Å². The Morgan fingerprint density at radius 2 is 2.03 bits per heavy atom. The molecule has 206 valence electrons. The monoisotopic (exact) mass is 553 g/mol. The number of carboxylic acid groups (broad SMARTS) is 1. The minimum Gasteiger partial charge on any atom is -0.465 e. The summed E-state index contributed by atoms with van der Waals surface area (Å²) in [4.78, 5) is 33.6. The number of thioether (sulfide) groups is 1. The number of carbonyl (C=O) groups is 2. The van der Waals surface area contributed by atoms with Gasteiger partial charge >= 0.3 is 6.09 Å². The van der Waals surface area contributed by atoms with Crippen LogP contribution in [0.4, 0.5) is 23.7 Å². The number of hydrogen-bond donors (Lipinski definition) is 3. The van der Waals surface area contributed by atoms with Crippen LogP contribution < -0.4 is 10.6 Å². The fraction of sp³-hybridized carbons (Fsp3) is 0.520. The van der Waals surface area contributed by atoms with Gasteiger partial charge in [0.15, 0.2) is 0 Å². The second kappa shape index (κ2) is 10.7. The molecule has 2 amide bonds. The summed E-state index contributed by atoms with van der Waals surface area (Å²) in [6, 6.07) is 4.09. The summed E-state index contributed by atoms with van der Waals surface area (Å²) in [5, 5.41) is 16.0. The highest BCUT2D eigenvalue weighted by atomic mass is 32.2. The summed E-state index contributed by atoms with van der Waals surface area (Å²) in [6.45, 7) is 7.95. The van der Waals surface area contributed by atoms with Gasteiger partial charge in [-0.3, -0.25) is 20.0 Å². The van der Waals surface area contributed by atoms with Gasteiger partial charge in [-0.15, -0.1) is 11.8 Å². The molecule has 1 aromatic carbocycles. The quantitative estimate of drug-likeness (QED) is 0.483. The first kappa shape index (κ1) is 28.1. The zero-order valence-electron chi connectivity index (χ0n) is 21.4. The lowest BCUT2D eigenvalue weighted by atomic mass is 9.73. The van der Waals surface area contributed by atoms with Crippen LogP contribution in [0.5, 0.6) is 0 Å². The molecule has 4 atom stereocenters. The number of nitrogens with one attached hydrogen (secondary N) is 2. The van der Waals surface area contributed by atoms with E-state index >= 15 is 4.39 Å². The summed E-state index contributed by atoms with van der Waals surface area (Å²) in [5.41, 5.74) is -2.76. The fourth-order valence-corrected chi connectivity index (χ4v) is 6.83. The third-order valence-electron chi connectivity index (χ3n) is 6.82. The highest BCUT2D eigenvalue weighted by Crippen LogP contribution is 2.49. The van der Waals surface area contributed by atoms with E-state index in [2.05, 4.69) is 20.6 Å². The number of amides is 2. The Kier molecular flexibility index (Phi) is 7.91. The molecular weight excluding hydrogens is 523 g/mol. The minimum atomic E-state index is -2.81. The number of halogens is 3. The van der Waals surface area contributed by atoms with Gasteiger partial charge in [0.25, 0.3) is 12.3 Å². The van der Waals surface area contributed by atoms with Crippen molar-refractivity contribution in [1.82, 2.24) is 20.2 Å². The molecule has 0 bridgehead atoms. The van der Waals surface area contributed by atoms with Crippen molar-refractivity contribution in [2.75, 3.05) is 18.5 Å². The van der Waals surface area contributed by atoms with E-state index in [0.717, 1.165) is 12.4 Å². The van der Waals surface area contributed by atoms with Gasteiger partial charge in [-0.2, -0.15) is 0 Å². The lowest BCUT2D eigenvalue weighted by Crippen LogP contribution is -2.68. The minimum absolute atomic E-state index is 0.0457. The lowest BCUT2D eigenvalue weighted by molar-refractivity contribution is -0.0445. The molecule has 0 spiro atoms. The molecule has 2 aliphatic heterocycles. The van der Waals surface area contributed by atoms with Crippen LogP contribution in [0.2, 0.25) is 0 Å². The zero-order valence-corrected chi connectivity index (χ0v) is 22.2. The Morgan fingerprint density at radius 1 is 1.29 bits per heavy atom. The molecule has 0 radical (unpaired) electrons. The summed E-state index contributed by atoms with van der Waals surface area (Å²) >= 11 is 1.47.